The van der Waals surface area contributed by atoms with Gasteiger partial charge in [-0.2, -0.15) is 23.5 Å². The summed E-state index contributed by atoms with van der Waals surface area (Å²) in [6, 6.07) is 0.509. The smallest absolute Gasteiger partial charge is 0.0630 e. The maximum absolute atomic E-state index is 5.70. The molecule has 1 aliphatic heterocycles. The minimum Gasteiger partial charge on any atom is -0.380 e. The van der Waals surface area contributed by atoms with Crippen LogP contribution in [-0.4, -0.2) is 48.3 Å². The number of ether oxygens (including phenoxy) is 1. The van der Waals surface area contributed by atoms with Crippen LogP contribution in [0, 0.1) is 0 Å². The van der Waals surface area contributed by atoms with E-state index in [0.717, 1.165) is 24.9 Å². The summed E-state index contributed by atoms with van der Waals surface area (Å²) in [6.45, 7) is 6.21. The minimum absolute atomic E-state index is 0.509. The fourth-order valence-corrected chi connectivity index (χ4v) is 5.29. The molecule has 0 bridgehead atoms. The van der Waals surface area contributed by atoms with Gasteiger partial charge in [-0.05, 0) is 19.9 Å². The summed E-state index contributed by atoms with van der Waals surface area (Å²) in [5.41, 5.74) is 0. The predicted molar refractivity (Wildman–Crippen MR) is 76.7 cm³/mol. The van der Waals surface area contributed by atoms with Gasteiger partial charge in [-0.3, -0.25) is 0 Å². The van der Waals surface area contributed by atoms with Crippen LogP contribution in [0.4, 0.5) is 0 Å². The highest BCUT2D eigenvalue weighted by Gasteiger charge is 2.31. The first-order valence-electron chi connectivity index (χ1n) is 6.31. The van der Waals surface area contributed by atoms with Crippen LogP contribution in [0.5, 0.6) is 0 Å². The molecular formula is C12H25NOS2. The largest absolute Gasteiger partial charge is 0.380 e. The standard InChI is InChI=1S/C12H25NOS2/c1-4-6-14-9-10(13-3)12-11(5-2)15-7-8-16-12/h10-13H,4-9H2,1-3H3. The maximum atomic E-state index is 5.70. The SMILES string of the molecule is CCCOCC(NC)C1SCCSC1CC. The van der Waals surface area contributed by atoms with E-state index in [-0.39, 0.29) is 0 Å². The summed E-state index contributed by atoms with van der Waals surface area (Å²) < 4.78 is 5.70. The van der Waals surface area contributed by atoms with Crippen molar-refractivity contribution < 1.29 is 4.74 Å². The van der Waals surface area contributed by atoms with Gasteiger partial charge in [-0.15, -0.1) is 0 Å². The van der Waals surface area contributed by atoms with Gasteiger partial charge in [-0.1, -0.05) is 13.8 Å². The van der Waals surface area contributed by atoms with E-state index >= 15 is 0 Å². The lowest BCUT2D eigenvalue weighted by Gasteiger charge is -2.35. The molecule has 1 fully saturated rings. The average Bonchev–Trinajstić information content (AvgIpc) is 2.35. The molecule has 0 aromatic rings. The highest BCUT2D eigenvalue weighted by Crippen LogP contribution is 2.35. The summed E-state index contributed by atoms with van der Waals surface area (Å²) in [4.78, 5) is 0. The molecule has 4 heteroatoms. The van der Waals surface area contributed by atoms with Gasteiger partial charge in [0.15, 0.2) is 0 Å². The minimum atomic E-state index is 0.509. The lowest BCUT2D eigenvalue weighted by atomic mass is 10.1. The number of hydrogen-bond acceptors (Lipinski definition) is 4. The van der Waals surface area contributed by atoms with Crippen molar-refractivity contribution in [3.8, 4) is 0 Å². The van der Waals surface area contributed by atoms with Gasteiger partial charge >= 0.3 is 0 Å². The molecule has 1 heterocycles. The summed E-state index contributed by atoms with van der Waals surface area (Å²) in [5, 5.41) is 4.94. The zero-order chi connectivity index (χ0) is 11.8. The normalized spacial score (nSPS) is 27.9. The van der Waals surface area contributed by atoms with Crippen LogP contribution < -0.4 is 5.32 Å². The van der Waals surface area contributed by atoms with E-state index in [1.54, 1.807) is 0 Å². The Kier molecular flexibility index (Phi) is 7.96. The topological polar surface area (TPSA) is 21.3 Å². The predicted octanol–water partition coefficient (Wildman–Crippen LogP) is 2.63. The van der Waals surface area contributed by atoms with Crippen LogP contribution in [0.2, 0.25) is 0 Å². The number of hydrogen-bond donors (Lipinski definition) is 1. The average molecular weight is 263 g/mol. The van der Waals surface area contributed by atoms with Crippen molar-refractivity contribution in [1.82, 2.24) is 5.32 Å². The van der Waals surface area contributed by atoms with Crippen LogP contribution >= 0.6 is 23.5 Å². The Morgan fingerprint density at radius 3 is 2.69 bits per heavy atom. The van der Waals surface area contributed by atoms with E-state index in [9.17, 15) is 0 Å². The quantitative estimate of drug-likeness (QED) is 0.713. The Morgan fingerprint density at radius 1 is 1.31 bits per heavy atom. The second-order valence-corrected chi connectivity index (χ2v) is 6.76. The monoisotopic (exact) mass is 263 g/mol. The molecule has 16 heavy (non-hydrogen) atoms. The van der Waals surface area contributed by atoms with Crippen LogP contribution in [0.25, 0.3) is 0 Å². The Labute approximate surface area is 109 Å². The summed E-state index contributed by atoms with van der Waals surface area (Å²) in [7, 11) is 2.06. The zero-order valence-electron chi connectivity index (χ0n) is 10.7. The van der Waals surface area contributed by atoms with Gasteiger partial charge in [0.2, 0.25) is 0 Å². The Bertz CT molecular complexity index is 180. The van der Waals surface area contributed by atoms with Gasteiger partial charge in [0, 0.05) is 34.7 Å². The lowest BCUT2D eigenvalue weighted by Crippen LogP contribution is -2.46. The van der Waals surface area contributed by atoms with Crippen LogP contribution in [0.1, 0.15) is 26.7 Å². The van der Waals surface area contributed by atoms with Crippen molar-refractivity contribution in [1.29, 1.82) is 0 Å². The molecular weight excluding hydrogens is 238 g/mol. The first-order valence-corrected chi connectivity index (χ1v) is 8.41. The third kappa shape index (κ3) is 4.47. The molecule has 1 aliphatic rings. The van der Waals surface area contributed by atoms with Crippen molar-refractivity contribution in [2.45, 2.75) is 43.2 Å². The van der Waals surface area contributed by atoms with E-state index in [2.05, 4.69) is 49.7 Å². The molecule has 1 rings (SSSR count). The second kappa shape index (κ2) is 8.67. The number of nitrogens with one attached hydrogen (secondary N) is 1. The molecule has 1 saturated heterocycles. The van der Waals surface area contributed by atoms with Gasteiger partial charge in [0.25, 0.3) is 0 Å². The molecule has 2 nitrogen and oxygen atoms in total. The summed E-state index contributed by atoms with van der Waals surface area (Å²) in [6.07, 6.45) is 2.38. The maximum Gasteiger partial charge on any atom is 0.0630 e. The van der Waals surface area contributed by atoms with Gasteiger partial charge in [0.05, 0.1) is 6.61 Å². The van der Waals surface area contributed by atoms with Crippen molar-refractivity contribution >= 4 is 23.5 Å². The highest BCUT2D eigenvalue weighted by molar-refractivity contribution is 8.07. The molecule has 0 spiro atoms. The molecule has 3 unspecified atom stereocenters. The number of rotatable bonds is 7. The molecule has 3 atom stereocenters. The van der Waals surface area contributed by atoms with Crippen LogP contribution in [0.15, 0.2) is 0 Å². The van der Waals surface area contributed by atoms with Crippen LogP contribution in [-0.2, 0) is 4.74 Å². The molecule has 96 valence electrons. The first kappa shape index (κ1) is 14.7. The lowest BCUT2D eigenvalue weighted by molar-refractivity contribution is 0.113. The van der Waals surface area contributed by atoms with Gasteiger partial charge < -0.3 is 10.1 Å². The van der Waals surface area contributed by atoms with Crippen molar-refractivity contribution in [3.63, 3.8) is 0 Å². The highest BCUT2D eigenvalue weighted by atomic mass is 32.2. The first-order chi connectivity index (χ1) is 7.83. The van der Waals surface area contributed by atoms with E-state index in [1.807, 2.05) is 0 Å². The zero-order valence-corrected chi connectivity index (χ0v) is 12.3. The molecule has 0 aromatic carbocycles. The Balaban J connectivity index is 2.41. The van der Waals surface area contributed by atoms with Crippen molar-refractivity contribution in [3.05, 3.63) is 0 Å². The molecule has 0 aliphatic carbocycles. The molecule has 1 N–H and O–H groups in total. The molecule has 0 saturated carbocycles. The van der Waals surface area contributed by atoms with E-state index in [4.69, 9.17) is 4.74 Å². The van der Waals surface area contributed by atoms with E-state index in [0.29, 0.717) is 11.3 Å². The summed E-state index contributed by atoms with van der Waals surface area (Å²) >= 11 is 4.26. The molecule has 0 amide bonds. The molecule has 0 aromatic heterocycles. The fourth-order valence-electron chi connectivity index (χ4n) is 2.01. The van der Waals surface area contributed by atoms with Crippen molar-refractivity contribution in [2.24, 2.45) is 0 Å². The third-order valence-corrected chi connectivity index (χ3v) is 6.31. The molecule has 0 radical (unpaired) electrons. The van der Waals surface area contributed by atoms with Crippen molar-refractivity contribution in [2.75, 3.05) is 31.8 Å². The number of likely N-dealkylation sites (N-methyl/N-ethyl adjacent to an activating group) is 1. The van der Waals surface area contributed by atoms with Crippen LogP contribution in [0.3, 0.4) is 0 Å². The Hall–Kier alpha value is 0.620. The summed E-state index contributed by atoms with van der Waals surface area (Å²) in [5.74, 6) is 2.60. The Morgan fingerprint density at radius 2 is 2.06 bits per heavy atom. The van der Waals surface area contributed by atoms with E-state index < -0.39 is 0 Å². The van der Waals surface area contributed by atoms with Gasteiger partial charge in [0.1, 0.15) is 0 Å². The fraction of sp³-hybridized carbons (Fsp3) is 1.00. The van der Waals surface area contributed by atoms with Gasteiger partial charge in [-0.25, -0.2) is 0 Å². The van der Waals surface area contributed by atoms with E-state index in [1.165, 1.54) is 17.9 Å². The third-order valence-electron chi connectivity index (χ3n) is 2.91. The second-order valence-electron chi connectivity index (χ2n) is 4.12. The number of thioether (sulfide) groups is 2.